The van der Waals surface area contributed by atoms with Crippen molar-refractivity contribution in [2.24, 2.45) is 0 Å². The summed E-state index contributed by atoms with van der Waals surface area (Å²) in [6, 6.07) is -0.942. The molecule has 1 saturated heterocycles. The van der Waals surface area contributed by atoms with Crippen LogP contribution >= 0.6 is 0 Å². The van der Waals surface area contributed by atoms with Crippen molar-refractivity contribution in [3.05, 3.63) is 24.3 Å². The van der Waals surface area contributed by atoms with Crippen molar-refractivity contribution in [1.29, 1.82) is 0 Å². The van der Waals surface area contributed by atoms with E-state index < -0.39 is 59.9 Å². The van der Waals surface area contributed by atoms with Crippen LogP contribution in [-0.4, -0.2) is 95.4 Å². The highest BCUT2D eigenvalue weighted by atomic mass is 32.3. The van der Waals surface area contributed by atoms with Gasteiger partial charge in [-0.25, -0.2) is 4.18 Å². The van der Waals surface area contributed by atoms with Crippen LogP contribution in [-0.2, 0) is 28.9 Å². The largest absolute Gasteiger partial charge is 0.397 e. The zero-order chi connectivity index (χ0) is 56.1. The molecule has 1 aliphatic heterocycles. The number of carbonyl (C=O) groups excluding carboxylic acids is 1. The van der Waals surface area contributed by atoms with Crippen molar-refractivity contribution in [3.8, 4) is 0 Å². The molecule has 0 saturated carbocycles. The van der Waals surface area contributed by atoms with Gasteiger partial charge in [-0.15, -0.1) is 0 Å². The molecular formula is C64H123NO11S. The summed E-state index contributed by atoms with van der Waals surface area (Å²) in [5.41, 5.74) is 0. The van der Waals surface area contributed by atoms with Crippen molar-refractivity contribution in [2.45, 2.75) is 365 Å². The summed E-state index contributed by atoms with van der Waals surface area (Å²) in [5, 5.41) is 44.9. The number of allylic oxidation sites excluding steroid dienone is 3. The summed E-state index contributed by atoms with van der Waals surface area (Å²) in [6.45, 7) is 3.42. The fourth-order valence-corrected chi connectivity index (χ4v) is 11.2. The molecule has 1 rings (SSSR count). The molecule has 1 amide bonds. The molecular weight excluding hydrogens is 991 g/mol. The van der Waals surface area contributed by atoms with Gasteiger partial charge in [0.15, 0.2) is 6.29 Å². The van der Waals surface area contributed by atoms with E-state index in [1.165, 1.54) is 257 Å². The van der Waals surface area contributed by atoms with Gasteiger partial charge >= 0.3 is 10.4 Å². The molecule has 1 aliphatic rings. The highest BCUT2D eigenvalue weighted by Gasteiger charge is 2.48. The highest BCUT2D eigenvalue weighted by Crippen LogP contribution is 2.26. The third-order valence-electron chi connectivity index (χ3n) is 15.7. The Morgan fingerprint density at radius 2 is 0.831 bits per heavy atom. The number of hydrogen-bond acceptors (Lipinski definition) is 10. The minimum atomic E-state index is -5.09. The van der Waals surface area contributed by atoms with E-state index in [0.29, 0.717) is 6.42 Å². The van der Waals surface area contributed by atoms with Crippen molar-refractivity contribution < 1.29 is 51.8 Å². The Morgan fingerprint density at radius 3 is 1.17 bits per heavy atom. The number of nitrogens with one attached hydrogen (secondary N) is 1. The molecule has 12 nitrogen and oxygen atoms in total. The number of aliphatic hydroxyl groups excluding tert-OH is 4. The Hall–Kier alpha value is -1.42. The van der Waals surface area contributed by atoms with Crippen LogP contribution in [0.3, 0.4) is 0 Å². The normalized spacial score (nSPS) is 19.0. The van der Waals surface area contributed by atoms with Crippen molar-refractivity contribution in [2.75, 3.05) is 13.2 Å². The first-order valence-corrected chi connectivity index (χ1v) is 34.1. The summed E-state index contributed by atoms with van der Waals surface area (Å²) < 4.78 is 47.8. The van der Waals surface area contributed by atoms with Gasteiger partial charge in [-0.05, 0) is 44.9 Å². The van der Waals surface area contributed by atoms with Gasteiger partial charge in [-0.2, -0.15) is 8.42 Å². The van der Waals surface area contributed by atoms with Crippen molar-refractivity contribution >= 4 is 16.3 Å². The van der Waals surface area contributed by atoms with Gasteiger partial charge in [0.2, 0.25) is 5.91 Å². The van der Waals surface area contributed by atoms with E-state index in [1.807, 2.05) is 6.08 Å². The maximum absolute atomic E-state index is 13.1. The van der Waals surface area contributed by atoms with E-state index >= 15 is 0 Å². The first kappa shape index (κ1) is 73.6. The van der Waals surface area contributed by atoms with Gasteiger partial charge < -0.3 is 35.2 Å². The van der Waals surface area contributed by atoms with Crippen molar-refractivity contribution in [3.63, 3.8) is 0 Å². The number of rotatable bonds is 58. The van der Waals surface area contributed by atoms with E-state index in [9.17, 15) is 38.2 Å². The fraction of sp³-hybridized carbons (Fsp3) is 0.922. The Labute approximate surface area is 473 Å². The quantitative estimate of drug-likeness (QED) is 0.0193. The third kappa shape index (κ3) is 45.8. The second kappa shape index (κ2) is 53.9. The van der Waals surface area contributed by atoms with Crippen LogP contribution in [0.25, 0.3) is 0 Å². The standard InChI is InChI=1S/C64H123NO11S/c1-3-5-7-9-11-13-15-17-18-19-20-21-22-23-24-25-26-27-28-29-30-31-32-33-34-35-36-37-38-39-40-42-44-46-48-50-52-54-60(68)65-57(58(67)53-51-49-47-45-43-41-16-14-12-10-8-6-4-2)56-74-64-62(70)63(76-77(71,72)73)61(69)59(55-66)75-64/h27-28,51,53,57-59,61-64,66-67,69-70H,3-26,29-50,52,54-56H2,1-2H3,(H,65,68)(H,71,72,73)/b28-27-,53-51+. The van der Waals surface area contributed by atoms with Crippen LogP contribution in [0.5, 0.6) is 0 Å². The molecule has 1 fully saturated rings. The molecule has 0 spiro atoms. The number of amides is 1. The first-order valence-electron chi connectivity index (χ1n) is 32.7. The van der Waals surface area contributed by atoms with Crippen LogP contribution in [0.1, 0.15) is 322 Å². The van der Waals surface area contributed by atoms with Gasteiger partial charge in [0.05, 0.1) is 25.4 Å². The predicted molar refractivity (Wildman–Crippen MR) is 319 cm³/mol. The Balaban J connectivity index is 2.15. The molecule has 13 heteroatoms. The van der Waals surface area contributed by atoms with Crippen molar-refractivity contribution in [1.82, 2.24) is 5.32 Å². The molecule has 1 heterocycles. The van der Waals surface area contributed by atoms with E-state index in [1.54, 1.807) is 6.08 Å². The summed E-state index contributed by atoms with van der Waals surface area (Å²) in [5.74, 6) is -0.258. The van der Waals surface area contributed by atoms with Gasteiger partial charge in [0, 0.05) is 6.42 Å². The smallest absolute Gasteiger partial charge is 0.394 e. The summed E-state index contributed by atoms with van der Waals surface area (Å²) in [6.07, 6.45) is 59.9. The second-order valence-electron chi connectivity index (χ2n) is 23.1. The molecule has 0 aromatic rings. The maximum atomic E-state index is 13.1. The zero-order valence-electron chi connectivity index (χ0n) is 49.8. The van der Waals surface area contributed by atoms with Gasteiger partial charge in [-0.1, -0.05) is 295 Å². The molecule has 0 aromatic carbocycles. The topological polar surface area (TPSA) is 192 Å². The number of hydrogen-bond donors (Lipinski definition) is 6. The van der Waals surface area contributed by atoms with Gasteiger partial charge in [-0.3, -0.25) is 9.35 Å². The lowest BCUT2D eigenvalue weighted by Crippen LogP contribution is -2.61. The SMILES string of the molecule is CCCCCCCCCCCCC/C=C/C(O)C(COC1OC(CO)C(O)C(OS(=O)(=O)O)C1O)NC(=O)CCCCCCCCCCCCCCCCCCC/C=C\CCCCCCCCCCCCCCCCCC. The summed E-state index contributed by atoms with van der Waals surface area (Å²) in [7, 11) is -5.09. The van der Waals surface area contributed by atoms with Crippen LogP contribution < -0.4 is 5.32 Å². The minimum Gasteiger partial charge on any atom is -0.394 e. The number of aliphatic hydroxyl groups is 4. The molecule has 456 valence electrons. The summed E-state index contributed by atoms with van der Waals surface area (Å²) in [4.78, 5) is 13.1. The second-order valence-corrected chi connectivity index (χ2v) is 24.1. The fourth-order valence-electron chi connectivity index (χ4n) is 10.7. The zero-order valence-corrected chi connectivity index (χ0v) is 50.6. The molecule has 0 aliphatic carbocycles. The monoisotopic (exact) mass is 1110 g/mol. The molecule has 77 heavy (non-hydrogen) atoms. The molecule has 6 N–H and O–H groups in total. The number of ether oxygens (including phenoxy) is 2. The number of unbranched alkanes of at least 4 members (excludes halogenated alkanes) is 44. The number of carbonyl (C=O) groups is 1. The molecule has 7 atom stereocenters. The van der Waals surface area contributed by atoms with E-state index in [0.717, 1.165) is 38.5 Å². The van der Waals surface area contributed by atoms with E-state index in [4.69, 9.17) is 9.47 Å². The van der Waals surface area contributed by atoms with Gasteiger partial charge in [0.25, 0.3) is 0 Å². The maximum Gasteiger partial charge on any atom is 0.397 e. The minimum absolute atomic E-state index is 0.258. The Morgan fingerprint density at radius 1 is 0.506 bits per heavy atom. The summed E-state index contributed by atoms with van der Waals surface area (Å²) >= 11 is 0. The van der Waals surface area contributed by atoms with Crippen LogP contribution in [0.2, 0.25) is 0 Å². The lowest BCUT2D eigenvalue weighted by atomic mass is 9.99. The van der Waals surface area contributed by atoms with E-state index in [-0.39, 0.29) is 18.9 Å². The Kier molecular flexibility index (Phi) is 51.5. The predicted octanol–water partition coefficient (Wildman–Crippen LogP) is 16.4. The Bertz CT molecular complexity index is 1450. The first-order chi connectivity index (χ1) is 37.5. The molecule has 0 aromatic heterocycles. The van der Waals surface area contributed by atoms with E-state index in [2.05, 4.69) is 35.5 Å². The molecule has 0 radical (unpaired) electrons. The highest BCUT2D eigenvalue weighted by molar-refractivity contribution is 7.80. The lowest BCUT2D eigenvalue weighted by molar-refractivity contribution is -0.298. The third-order valence-corrected chi connectivity index (χ3v) is 16.2. The average molecular weight is 1110 g/mol. The average Bonchev–Trinajstić information content (AvgIpc) is 3.41. The van der Waals surface area contributed by atoms with Crippen LogP contribution in [0.15, 0.2) is 24.3 Å². The van der Waals surface area contributed by atoms with Crippen LogP contribution in [0, 0.1) is 0 Å². The molecule has 0 bridgehead atoms. The van der Waals surface area contributed by atoms with Crippen LogP contribution in [0.4, 0.5) is 0 Å². The van der Waals surface area contributed by atoms with Gasteiger partial charge in [0.1, 0.15) is 24.4 Å². The molecule has 7 unspecified atom stereocenters. The lowest BCUT2D eigenvalue weighted by Gasteiger charge is -2.41.